The van der Waals surface area contributed by atoms with Gasteiger partial charge in [0.1, 0.15) is 6.61 Å². The number of hydrogen-bond donors (Lipinski definition) is 1. The van der Waals surface area contributed by atoms with Crippen molar-refractivity contribution in [2.45, 2.75) is 13.0 Å². The molecule has 0 aliphatic rings. The lowest BCUT2D eigenvalue weighted by Gasteiger charge is -2.13. The topological polar surface area (TPSA) is 47.6 Å². The van der Waals surface area contributed by atoms with Crippen LogP contribution in [0.5, 0.6) is 5.75 Å². The van der Waals surface area contributed by atoms with Gasteiger partial charge >= 0.3 is 12.5 Å². The smallest absolute Gasteiger partial charge is 0.444 e. The number of amides is 1. The Balaban J connectivity index is 2.05. The second-order valence-electron chi connectivity index (χ2n) is 4.50. The summed E-state index contributed by atoms with van der Waals surface area (Å²) in [6.07, 6.45) is -5.97. The van der Waals surface area contributed by atoms with Crippen molar-refractivity contribution in [3.8, 4) is 5.75 Å². The van der Waals surface area contributed by atoms with E-state index in [-0.39, 0.29) is 16.8 Å². The maximum atomic E-state index is 13.5. The van der Waals surface area contributed by atoms with Gasteiger partial charge in [0, 0.05) is 10.5 Å². The highest BCUT2D eigenvalue weighted by molar-refractivity contribution is 9.10. The number of rotatable bonds is 4. The van der Waals surface area contributed by atoms with Gasteiger partial charge in [0.05, 0.1) is 5.69 Å². The molecule has 0 aliphatic heterocycles. The summed E-state index contributed by atoms with van der Waals surface area (Å²) in [5.41, 5.74) is 0.598. The normalized spacial score (nSPS) is 11.0. The molecule has 4 nitrogen and oxygen atoms in total. The van der Waals surface area contributed by atoms with Crippen molar-refractivity contribution in [1.29, 1.82) is 0 Å². The first kappa shape index (κ1) is 18.1. The molecule has 1 amide bonds. The van der Waals surface area contributed by atoms with Crippen LogP contribution >= 0.6 is 15.9 Å². The van der Waals surface area contributed by atoms with Crippen molar-refractivity contribution in [2.24, 2.45) is 0 Å². The molecular formula is C15H10BrF4NO3. The molecular weight excluding hydrogens is 398 g/mol. The van der Waals surface area contributed by atoms with Crippen molar-refractivity contribution in [2.75, 3.05) is 5.32 Å². The molecule has 0 bridgehead atoms. The monoisotopic (exact) mass is 407 g/mol. The Bertz CT molecular complexity index is 723. The molecule has 24 heavy (non-hydrogen) atoms. The third-order valence-corrected chi connectivity index (χ3v) is 3.35. The van der Waals surface area contributed by atoms with Gasteiger partial charge in [0.2, 0.25) is 0 Å². The van der Waals surface area contributed by atoms with Gasteiger partial charge in [-0.05, 0) is 27.6 Å². The van der Waals surface area contributed by atoms with Crippen molar-refractivity contribution in [3.63, 3.8) is 0 Å². The van der Waals surface area contributed by atoms with E-state index in [1.165, 1.54) is 0 Å². The minimum absolute atomic E-state index is 0.0304. The fraction of sp³-hybridized carbons (Fsp3) is 0.133. The Labute approximate surface area is 142 Å². The lowest BCUT2D eigenvalue weighted by molar-refractivity contribution is -0.275. The Morgan fingerprint density at radius 2 is 1.83 bits per heavy atom. The maximum absolute atomic E-state index is 13.5. The fourth-order valence-electron chi connectivity index (χ4n) is 1.70. The van der Waals surface area contributed by atoms with Crippen molar-refractivity contribution in [1.82, 2.24) is 0 Å². The van der Waals surface area contributed by atoms with Gasteiger partial charge in [-0.15, -0.1) is 13.2 Å². The van der Waals surface area contributed by atoms with Crippen LogP contribution in [0, 0.1) is 5.82 Å². The Kier molecular flexibility index (Phi) is 5.66. The van der Waals surface area contributed by atoms with Gasteiger partial charge in [0.15, 0.2) is 11.6 Å². The number of carbonyl (C=O) groups excluding carboxylic acids is 1. The molecule has 2 rings (SSSR count). The SMILES string of the molecule is O=C(Nc1cc(OC(F)(F)F)c(F)cc1Br)OCc1ccccc1. The summed E-state index contributed by atoms with van der Waals surface area (Å²) in [5.74, 6) is -2.30. The number of hydrogen-bond acceptors (Lipinski definition) is 3. The van der Waals surface area contributed by atoms with Crippen LogP contribution in [0.4, 0.5) is 28.0 Å². The lowest BCUT2D eigenvalue weighted by Crippen LogP contribution is -2.19. The summed E-state index contributed by atoms with van der Waals surface area (Å²) < 4.78 is 58.6. The fourth-order valence-corrected chi connectivity index (χ4v) is 2.11. The largest absolute Gasteiger partial charge is 0.573 e. The third kappa shape index (κ3) is 5.41. The molecule has 2 aromatic carbocycles. The Morgan fingerprint density at radius 3 is 2.46 bits per heavy atom. The number of carbonyl (C=O) groups is 1. The average Bonchev–Trinajstić information content (AvgIpc) is 2.50. The number of anilines is 1. The maximum Gasteiger partial charge on any atom is 0.573 e. The van der Waals surface area contributed by atoms with Gasteiger partial charge in [-0.2, -0.15) is 0 Å². The number of benzene rings is 2. The molecule has 0 atom stereocenters. The molecule has 0 unspecified atom stereocenters. The molecule has 128 valence electrons. The van der Waals surface area contributed by atoms with E-state index < -0.39 is 24.0 Å². The molecule has 2 aromatic rings. The minimum atomic E-state index is -5.06. The second-order valence-corrected chi connectivity index (χ2v) is 5.35. The first-order valence-corrected chi connectivity index (χ1v) is 7.26. The molecule has 0 aromatic heterocycles. The average molecular weight is 408 g/mol. The molecule has 0 radical (unpaired) electrons. The number of alkyl halides is 3. The number of nitrogens with one attached hydrogen (secondary N) is 1. The van der Waals surface area contributed by atoms with Gasteiger partial charge in [0.25, 0.3) is 0 Å². The van der Waals surface area contributed by atoms with Crippen LogP contribution in [0.25, 0.3) is 0 Å². The van der Waals surface area contributed by atoms with Crippen LogP contribution in [0.1, 0.15) is 5.56 Å². The zero-order chi connectivity index (χ0) is 17.7. The Hall–Kier alpha value is -2.29. The van der Waals surface area contributed by atoms with Crippen molar-refractivity contribution < 1.29 is 31.8 Å². The van der Waals surface area contributed by atoms with E-state index >= 15 is 0 Å². The molecule has 0 spiro atoms. The summed E-state index contributed by atoms with van der Waals surface area (Å²) in [7, 11) is 0. The summed E-state index contributed by atoms with van der Waals surface area (Å²) in [4.78, 5) is 11.7. The first-order valence-electron chi connectivity index (χ1n) is 6.47. The molecule has 1 N–H and O–H groups in total. The molecule has 0 saturated heterocycles. The van der Waals surface area contributed by atoms with E-state index in [9.17, 15) is 22.4 Å². The zero-order valence-electron chi connectivity index (χ0n) is 11.9. The second kappa shape index (κ2) is 7.52. The van der Waals surface area contributed by atoms with E-state index in [0.717, 1.165) is 11.6 Å². The lowest BCUT2D eigenvalue weighted by atomic mass is 10.2. The van der Waals surface area contributed by atoms with E-state index in [1.807, 2.05) is 0 Å². The van der Waals surface area contributed by atoms with Gasteiger partial charge < -0.3 is 9.47 Å². The molecule has 0 fully saturated rings. The third-order valence-electron chi connectivity index (χ3n) is 2.70. The first-order chi connectivity index (χ1) is 11.2. The molecule has 0 heterocycles. The number of ether oxygens (including phenoxy) is 2. The predicted octanol–water partition coefficient (Wildman–Crippen LogP) is 5.24. The van der Waals surface area contributed by atoms with Gasteiger partial charge in [-0.25, -0.2) is 9.18 Å². The van der Waals surface area contributed by atoms with E-state index in [0.29, 0.717) is 6.07 Å². The number of halogens is 5. The van der Waals surface area contributed by atoms with E-state index in [2.05, 4.69) is 26.0 Å². The summed E-state index contributed by atoms with van der Waals surface area (Å²) in [6, 6.07) is 10.2. The molecule has 0 saturated carbocycles. The van der Waals surface area contributed by atoms with Crippen LogP contribution in [0.2, 0.25) is 0 Å². The predicted molar refractivity (Wildman–Crippen MR) is 81.0 cm³/mol. The summed E-state index contributed by atoms with van der Waals surface area (Å²) >= 11 is 2.94. The van der Waals surface area contributed by atoms with Crippen molar-refractivity contribution >= 4 is 27.7 Å². The van der Waals surface area contributed by atoms with Crippen LogP contribution < -0.4 is 10.1 Å². The quantitative estimate of drug-likeness (QED) is 0.705. The van der Waals surface area contributed by atoms with Crippen LogP contribution in [-0.4, -0.2) is 12.5 Å². The van der Waals surface area contributed by atoms with Crippen molar-refractivity contribution in [3.05, 3.63) is 58.3 Å². The standard InChI is InChI=1S/C15H10BrF4NO3/c16-10-6-11(17)13(24-15(18,19)20)7-12(10)21-14(22)23-8-9-4-2-1-3-5-9/h1-7H,8H2,(H,21,22). The van der Waals surface area contributed by atoms with Gasteiger partial charge in [-0.3, -0.25) is 5.32 Å². The highest BCUT2D eigenvalue weighted by Crippen LogP contribution is 2.33. The van der Waals surface area contributed by atoms with Gasteiger partial charge in [-0.1, -0.05) is 30.3 Å². The van der Waals surface area contributed by atoms with Crippen LogP contribution in [0.15, 0.2) is 46.9 Å². The van der Waals surface area contributed by atoms with E-state index in [4.69, 9.17) is 4.74 Å². The summed E-state index contributed by atoms with van der Waals surface area (Å²) in [6.45, 7) is -0.0304. The zero-order valence-corrected chi connectivity index (χ0v) is 13.4. The molecule has 0 aliphatic carbocycles. The van der Waals surface area contributed by atoms with E-state index in [1.54, 1.807) is 30.3 Å². The van der Waals surface area contributed by atoms with Crippen LogP contribution in [-0.2, 0) is 11.3 Å². The highest BCUT2D eigenvalue weighted by atomic mass is 79.9. The highest BCUT2D eigenvalue weighted by Gasteiger charge is 2.32. The van der Waals surface area contributed by atoms with Crippen LogP contribution in [0.3, 0.4) is 0 Å². The minimum Gasteiger partial charge on any atom is -0.444 e. The summed E-state index contributed by atoms with van der Waals surface area (Å²) in [5, 5.41) is 2.21. The molecule has 9 heteroatoms. The Morgan fingerprint density at radius 1 is 1.17 bits per heavy atom.